The van der Waals surface area contributed by atoms with Gasteiger partial charge in [0, 0.05) is 36.1 Å². The summed E-state index contributed by atoms with van der Waals surface area (Å²) in [5, 5.41) is 53.2. The largest absolute Gasteiger partial charge is 0.507 e. The third kappa shape index (κ3) is 2.89. The zero-order valence-corrected chi connectivity index (χ0v) is 16.9. The number of hydrogen-bond acceptors (Lipinski definition) is 10. The number of aliphatic hydroxyl groups excluding tert-OH is 2. The zero-order chi connectivity index (χ0) is 22.9. The number of rotatable bonds is 2. The van der Waals surface area contributed by atoms with Gasteiger partial charge in [0.15, 0.2) is 0 Å². The number of β-amino-alcohol motifs (C(OH)–C–C–N with tert-alkyl or cyclic N) is 1. The minimum absolute atomic E-state index is 0.0480. The molecule has 4 N–H and O–H groups in total. The van der Waals surface area contributed by atoms with Crippen molar-refractivity contribution in [3.8, 4) is 11.5 Å². The maximum atomic E-state index is 13.3. The molecular weight excluding hydrogens is 424 g/mol. The number of benzene rings is 1. The molecule has 32 heavy (non-hydrogen) atoms. The lowest BCUT2D eigenvalue weighted by atomic mass is 9.84. The van der Waals surface area contributed by atoms with Gasteiger partial charge in [0.05, 0.1) is 17.7 Å². The summed E-state index contributed by atoms with van der Waals surface area (Å²) >= 11 is 0. The molecule has 1 saturated heterocycles. The highest BCUT2D eigenvalue weighted by molar-refractivity contribution is 5.89. The summed E-state index contributed by atoms with van der Waals surface area (Å²) in [5.74, 6) is -2.05. The smallest absolute Gasteiger partial charge is 0.433 e. The highest BCUT2D eigenvalue weighted by Gasteiger charge is 2.38. The Bertz CT molecular complexity index is 1330. The predicted octanol–water partition coefficient (Wildman–Crippen LogP) is 1.47. The maximum absolute atomic E-state index is 13.3. The van der Waals surface area contributed by atoms with Crippen LogP contribution in [-0.2, 0) is 6.42 Å². The van der Waals surface area contributed by atoms with Crippen LogP contribution in [-0.4, -0.2) is 56.5 Å². The first kappa shape index (κ1) is 20.5. The molecule has 0 bridgehead atoms. The van der Waals surface area contributed by atoms with Crippen LogP contribution in [0.1, 0.15) is 46.7 Å². The molecule has 1 aromatic carbocycles. The summed E-state index contributed by atoms with van der Waals surface area (Å²) in [7, 11) is 1.85. The van der Waals surface area contributed by atoms with Crippen molar-refractivity contribution in [1.82, 2.24) is 4.90 Å². The van der Waals surface area contributed by atoms with Gasteiger partial charge in [0.25, 0.3) is 0 Å². The van der Waals surface area contributed by atoms with Crippen LogP contribution in [0.25, 0.3) is 11.0 Å². The number of hydrogen-bond donors (Lipinski definition) is 4. The molecule has 0 spiro atoms. The van der Waals surface area contributed by atoms with Gasteiger partial charge in [-0.2, -0.15) is 0 Å². The molecule has 0 saturated carbocycles. The van der Waals surface area contributed by atoms with Crippen molar-refractivity contribution in [2.24, 2.45) is 0 Å². The molecule has 1 fully saturated rings. The van der Waals surface area contributed by atoms with Crippen molar-refractivity contribution >= 4 is 16.9 Å². The second-order valence-electron chi connectivity index (χ2n) is 8.34. The fourth-order valence-electron chi connectivity index (χ4n) is 4.80. The van der Waals surface area contributed by atoms with Crippen LogP contribution >= 0.6 is 0 Å². The number of phenolic OH excluding ortho intramolecular Hbond substituents is 2. The van der Waals surface area contributed by atoms with Crippen molar-refractivity contribution in [3.05, 3.63) is 60.7 Å². The van der Waals surface area contributed by atoms with Gasteiger partial charge in [0.1, 0.15) is 45.0 Å². The fraction of sp³-hybridized carbons (Fsp3) is 0.381. The summed E-state index contributed by atoms with van der Waals surface area (Å²) in [6, 6.07) is 2.18. The van der Waals surface area contributed by atoms with Gasteiger partial charge >= 0.3 is 5.88 Å². The SMILES string of the molecule is CN1CCC(c2c(O)cc(O)c3c(=O)c4c(oc23)Cc2cc([N+](=O)[O-])oc2C4O)C(O)C1. The Hall–Kier alpha value is -3.41. The van der Waals surface area contributed by atoms with Crippen LogP contribution in [0.15, 0.2) is 25.8 Å². The van der Waals surface area contributed by atoms with Crippen molar-refractivity contribution < 1.29 is 34.2 Å². The van der Waals surface area contributed by atoms with Crippen LogP contribution in [0.2, 0.25) is 0 Å². The van der Waals surface area contributed by atoms with Crippen molar-refractivity contribution in [2.45, 2.75) is 31.0 Å². The number of furan rings is 1. The van der Waals surface area contributed by atoms with E-state index in [1.807, 2.05) is 11.9 Å². The number of phenols is 2. The molecule has 5 rings (SSSR count). The molecule has 11 heteroatoms. The lowest BCUT2D eigenvalue weighted by molar-refractivity contribution is -0.402. The van der Waals surface area contributed by atoms with Crippen LogP contribution in [0.5, 0.6) is 11.5 Å². The Morgan fingerprint density at radius 1 is 1.16 bits per heavy atom. The first-order valence-corrected chi connectivity index (χ1v) is 10.0. The lowest BCUT2D eigenvalue weighted by Crippen LogP contribution is -2.40. The van der Waals surface area contributed by atoms with Gasteiger partial charge < -0.3 is 34.2 Å². The maximum Gasteiger partial charge on any atom is 0.433 e. The number of likely N-dealkylation sites (tertiary alicyclic amines) is 1. The zero-order valence-electron chi connectivity index (χ0n) is 16.9. The standard InChI is InChI=1S/C21H20N2O9/c1-22-3-2-9(12(26)7-22)15-10(24)6-11(25)16-18(27)17-13(31-21(15)16)4-8-5-14(23(29)30)32-20(8)19(17)28/h5-6,9,12,19,24-26,28H,2-4,7H2,1H3. The highest BCUT2D eigenvalue weighted by Crippen LogP contribution is 2.44. The molecule has 1 aliphatic heterocycles. The Morgan fingerprint density at radius 2 is 1.91 bits per heavy atom. The summed E-state index contributed by atoms with van der Waals surface area (Å²) in [5.41, 5.74) is -0.501. The molecule has 2 aliphatic rings. The average molecular weight is 444 g/mol. The topological polar surface area (TPSA) is 171 Å². The Balaban J connectivity index is 1.74. The van der Waals surface area contributed by atoms with Gasteiger partial charge in [-0.1, -0.05) is 0 Å². The highest BCUT2D eigenvalue weighted by atomic mass is 16.6. The second kappa shape index (κ2) is 7.05. The fourth-order valence-corrected chi connectivity index (χ4v) is 4.80. The molecule has 3 heterocycles. The first-order chi connectivity index (χ1) is 15.2. The Kier molecular flexibility index (Phi) is 4.52. The van der Waals surface area contributed by atoms with Crippen LogP contribution in [0.4, 0.5) is 5.88 Å². The summed E-state index contributed by atoms with van der Waals surface area (Å²) in [6.45, 7) is 0.988. The molecular formula is C21H20N2O9. The van der Waals surface area contributed by atoms with E-state index in [2.05, 4.69) is 0 Å². The summed E-state index contributed by atoms with van der Waals surface area (Å²) < 4.78 is 11.1. The van der Waals surface area contributed by atoms with E-state index in [0.29, 0.717) is 25.1 Å². The number of aromatic hydroxyl groups is 2. The van der Waals surface area contributed by atoms with Crippen molar-refractivity contribution in [2.75, 3.05) is 20.1 Å². The van der Waals surface area contributed by atoms with E-state index in [0.717, 1.165) is 12.1 Å². The second-order valence-corrected chi connectivity index (χ2v) is 8.34. The van der Waals surface area contributed by atoms with E-state index in [9.17, 15) is 35.3 Å². The quantitative estimate of drug-likeness (QED) is 0.335. The molecule has 0 radical (unpaired) electrons. The minimum Gasteiger partial charge on any atom is -0.507 e. The van der Waals surface area contributed by atoms with Crippen molar-refractivity contribution in [3.63, 3.8) is 0 Å². The third-order valence-corrected chi connectivity index (χ3v) is 6.31. The molecule has 3 atom stereocenters. The molecule has 168 valence electrons. The van der Waals surface area contributed by atoms with Gasteiger partial charge in [-0.25, -0.2) is 0 Å². The van der Waals surface area contributed by atoms with E-state index in [1.54, 1.807) is 0 Å². The minimum atomic E-state index is -1.62. The van der Waals surface area contributed by atoms with E-state index < -0.39 is 40.1 Å². The molecule has 2 aromatic heterocycles. The van der Waals surface area contributed by atoms with E-state index in [-0.39, 0.29) is 45.8 Å². The van der Waals surface area contributed by atoms with Gasteiger partial charge in [-0.15, -0.1) is 0 Å². The average Bonchev–Trinajstić information content (AvgIpc) is 3.14. The van der Waals surface area contributed by atoms with E-state index >= 15 is 0 Å². The number of piperidine rings is 1. The van der Waals surface area contributed by atoms with Crippen LogP contribution < -0.4 is 5.43 Å². The number of nitro groups is 1. The number of aliphatic hydroxyl groups is 2. The first-order valence-electron chi connectivity index (χ1n) is 10.0. The number of nitrogens with zero attached hydrogens (tertiary/aromatic N) is 2. The van der Waals surface area contributed by atoms with E-state index in [4.69, 9.17) is 8.83 Å². The summed E-state index contributed by atoms with van der Waals surface area (Å²) in [4.78, 5) is 25.6. The van der Waals surface area contributed by atoms with Crippen LogP contribution in [0, 0.1) is 10.1 Å². The Labute approximate surface area is 179 Å². The number of fused-ring (bicyclic) bond motifs is 3. The lowest BCUT2D eigenvalue weighted by Gasteiger charge is -2.34. The predicted molar refractivity (Wildman–Crippen MR) is 109 cm³/mol. The van der Waals surface area contributed by atoms with E-state index in [1.165, 1.54) is 0 Å². The van der Waals surface area contributed by atoms with Crippen LogP contribution in [0.3, 0.4) is 0 Å². The normalized spacial score (nSPS) is 23.2. The molecule has 0 amide bonds. The van der Waals surface area contributed by atoms with Gasteiger partial charge in [-0.05, 0) is 20.0 Å². The number of likely N-dealkylation sites (N-methyl/N-ethyl adjacent to an activating group) is 1. The third-order valence-electron chi connectivity index (χ3n) is 6.31. The molecule has 3 unspecified atom stereocenters. The van der Waals surface area contributed by atoms with Crippen molar-refractivity contribution in [1.29, 1.82) is 0 Å². The molecule has 11 nitrogen and oxygen atoms in total. The van der Waals surface area contributed by atoms with Gasteiger partial charge in [-0.3, -0.25) is 14.9 Å². The molecule has 1 aliphatic carbocycles. The Morgan fingerprint density at radius 3 is 2.59 bits per heavy atom. The monoisotopic (exact) mass is 444 g/mol. The summed E-state index contributed by atoms with van der Waals surface area (Å²) in [6.07, 6.45) is -2.04. The molecule has 3 aromatic rings. The van der Waals surface area contributed by atoms with Gasteiger partial charge in [0.2, 0.25) is 5.43 Å².